The van der Waals surface area contributed by atoms with Gasteiger partial charge >= 0.3 is 0 Å². The molecule has 0 radical (unpaired) electrons. The van der Waals surface area contributed by atoms with E-state index >= 15 is 0 Å². The SMILES string of the molecule is COc1cc(NC(=O)CC(c2cccc(F)c2)n2cccc2)cc(OC)c1OC. The first kappa shape index (κ1) is 20.3. The summed E-state index contributed by atoms with van der Waals surface area (Å²) < 4.78 is 31.6. The largest absolute Gasteiger partial charge is 0.493 e. The molecule has 0 fully saturated rings. The van der Waals surface area contributed by atoms with Gasteiger partial charge in [-0.2, -0.15) is 0 Å². The van der Waals surface area contributed by atoms with Gasteiger partial charge in [0.15, 0.2) is 11.5 Å². The van der Waals surface area contributed by atoms with Crippen LogP contribution in [0.15, 0.2) is 60.9 Å². The second-order valence-electron chi connectivity index (χ2n) is 6.37. The Hall–Kier alpha value is -3.48. The Balaban J connectivity index is 1.84. The van der Waals surface area contributed by atoms with Gasteiger partial charge in [-0.05, 0) is 29.8 Å². The topological polar surface area (TPSA) is 61.7 Å². The van der Waals surface area contributed by atoms with Gasteiger partial charge in [0.05, 0.1) is 33.8 Å². The minimum absolute atomic E-state index is 0.120. The Morgan fingerprint density at radius 2 is 1.66 bits per heavy atom. The fourth-order valence-corrected chi connectivity index (χ4v) is 3.21. The summed E-state index contributed by atoms with van der Waals surface area (Å²) in [6, 6.07) is 13.0. The standard InChI is InChI=1S/C22H23FN2O4/c1-27-19-12-17(13-20(28-2)22(19)29-3)24-21(26)14-18(25-9-4-5-10-25)15-7-6-8-16(23)11-15/h4-13,18H,14H2,1-3H3,(H,24,26). The molecule has 1 heterocycles. The molecule has 152 valence electrons. The van der Waals surface area contributed by atoms with E-state index in [1.807, 2.05) is 29.1 Å². The molecule has 1 atom stereocenters. The van der Waals surface area contributed by atoms with Crippen molar-refractivity contribution in [3.63, 3.8) is 0 Å². The second-order valence-corrected chi connectivity index (χ2v) is 6.37. The lowest BCUT2D eigenvalue weighted by Gasteiger charge is -2.20. The lowest BCUT2D eigenvalue weighted by molar-refractivity contribution is -0.116. The van der Waals surface area contributed by atoms with Crippen molar-refractivity contribution in [2.24, 2.45) is 0 Å². The number of carbonyl (C=O) groups excluding carboxylic acids is 1. The van der Waals surface area contributed by atoms with Crippen LogP contribution in [0.4, 0.5) is 10.1 Å². The minimum atomic E-state index is -0.345. The van der Waals surface area contributed by atoms with Crippen molar-refractivity contribution in [1.82, 2.24) is 4.57 Å². The summed E-state index contributed by atoms with van der Waals surface area (Å²) in [5.41, 5.74) is 1.22. The number of benzene rings is 2. The van der Waals surface area contributed by atoms with Crippen molar-refractivity contribution >= 4 is 11.6 Å². The molecule has 0 aliphatic heterocycles. The van der Waals surface area contributed by atoms with Crippen molar-refractivity contribution in [3.8, 4) is 17.2 Å². The van der Waals surface area contributed by atoms with Crippen molar-refractivity contribution in [1.29, 1.82) is 0 Å². The average molecular weight is 398 g/mol. The van der Waals surface area contributed by atoms with E-state index in [2.05, 4.69) is 5.32 Å². The van der Waals surface area contributed by atoms with Gasteiger partial charge in [0.2, 0.25) is 11.7 Å². The highest BCUT2D eigenvalue weighted by atomic mass is 19.1. The number of anilines is 1. The van der Waals surface area contributed by atoms with Crippen molar-refractivity contribution < 1.29 is 23.4 Å². The number of hydrogen-bond donors (Lipinski definition) is 1. The highest BCUT2D eigenvalue weighted by Crippen LogP contribution is 2.40. The van der Waals surface area contributed by atoms with Crippen LogP contribution in [0.25, 0.3) is 0 Å². The fraction of sp³-hybridized carbons (Fsp3) is 0.227. The van der Waals surface area contributed by atoms with Crippen LogP contribution in [-0.2, 0) is 4.79 Å². The maximum Gasteiger partial charge on any atom is 0.226 e. The van der Waals surface area contributed by atoms with Gasteiger partial charge in [0, 0.05) is 30.2 Å². The fourth-order valence-electron chi connectivity index (χ4n) is 3.21. The van der Waals surface area contributed by atoms with Crippen LogP contribution in [-0.4, -0.2) is 31.8 Å². The Morgan fingerprint density at radius 1 is 1.00 bits per heavy atom. The van der Waals surface area contributed by atoms with E-state index in [1.165, 1.54) is 33.5 Å². The van der Waals surface area contributed by atoms with Gasteiger partial charge in [0.25, 0.3) is 0 Å². The van der Waals surface area contributed by atoms with Gasteiger partial charge in [-0.3, -0.25) is 4.79 Å². The first-order chi connectivity index (χ1) is 14.0. The molecule has 1 amide bonds. The molecule has 1 unspecified atom stereocenters. The smallest absolute Gasteiger partial charge is 0.226 e. The molecular formula is C22H23FN2O4. The number of rotatable bonds is 8. The maximum absolute atomic E-state index is 13.7. The molecule has 1 N–H and O–H groups in total. The molecule has 29 heavy (non-hydrogen) atoms. The number of ether oxygens (including phenoxy) is 3. The van der Waals surface area contributed by atoms with Crippen LogP contribution in [0.2, 0.25) is 0 Å². The van der Waals surface area contributed by atoms with Gasteiger partial charge < -0.3 is 24.1 Å². The molecule has 0 spiro atoms. The zero-order valence-corrected chi connectivity index (χ0v) is 16.5. The molecule has 0 saturated carbocycles. The zero-order chi connectivity index (χ0) is 20.8. The summed E-state index contributed by atoms with van der Waals surface area (Å²) in [6.07, 6.45) is 3.82. The lowest BCUT2D eigenvalue weighted by atomic mass is 10.0. The number of halogens is 1. The van der Waals surface area contributed by atoms with Gasteiger partial charge in [-0.25, -0.2) is 4.39 Å². The van der Waals surface area contributed by atoms with Crippen LogP contribution in [0.1, 0.15) is 18.0 Å². The third-order valence-electron chi connectivity index (χ3n) is 4.55. The third-order valence-corrected chi connectivity index (χ3v) is 4.55. The molecule has 0 saturated heterocycles. The molecule has 6 nitrogen and oxygen atoms in total. The normalized spacial score (nSPS) is 11.6. The highest BCUT2D eigenvalue weighted by Gasteiger charge is 2.20. The van der Waals surface area contributed by atoms with E-state index in [0.29, 0.717) is 28.5 Å². The minimum Gasteiger partial charge on any atom is -0.493 e. The van der Waals surface area contributed by atoms with Gasteiger partial charge in [-0.15, -0.1) is 0 Å². The number of hydrogen-bond acceptors (Lipinski definition) is 4. The van der Waals surface area contributed by atoms with Crippen LogP contribution in [0, 0.1) is 5.82 Å². The Labute approximate surface area is 168 Å². The summed E-state index contributed by atoms with van der Waals surface area (Å²) >= 11 is 0. The predicted octanol–water partition coefficient (Wildman–Crippen LogP) is 4.27. The van der Waals surface area contributed by atoms with E-state index in [-0.39, 0.29) is 24.2 Å². The second kappa shape index (κ2) is 9.14. The van der Waals surface area contributed by atoms with Gasteiger partial charge in [-0.1, -0.05) is 12.1 Å². The van der Waals surface area contributed by atoms with Crippen LogP contribution in [0.3, 0.4) is 0 Å². The number of nitrogens with zero attached hydrogens (tertiary/aromatic N) is 1. The van der Waals surface area contributed by atoms with Crippen LogP contribution >= 0.6 is 0 Å². The average Bonchev–Trinajstić information content (AvgIpc) is 3.25. The Bertz CT molecular complexity index is 948. The molecule has 2 aromatic carbocycles. The van der Waals surface area contributed by atoms with Crippen molar-refractivity contribution in [2.45, 2.75) is 12.5 Å². The van der Waals surface area contributed by atoms with Crippen LogP contribution in [0.5, 0.6) is 17.2 Å². The van der Waals surface area contributed by atoms with Crippen molar-refractivity contribution in [3.05, 3.63) is 72.3 Å². The van der Waals surface area contributed by atoms with E-state index in [9.17, 15) is 9.18 Å². The van der Waals surface area contributed by atoms with Crippen LogP contribution < -0.4 is 19.5 Å². The summed E-state index contributed by atoms with van der Waals surface area (Å²) in [5.74, 6) is 0.744. The van der Waals surface area contributed by atoms with Crippen molar-refractivity contribution in [2.75, 3.05) is 26.6 Å². The molecule has 0 aliphatic rings. The lowest BCUT2D eigenvalue weighted by Crippen LogP contribution is -2.20. The molecule has 3 rings (SSSR count). The van der Waals surface area contributed by atoms with E-state index in [1.54, 1.807) is 24.3 Å². The molecule has 1 aromatic heterocycles. The molecule has 0 bridgehead atoms. The number of nitrogens with one attached hydrogen (secondary N) is 1. The summed E-state index contributed by atoms with van der Waals surface area (Å²) in [6.45, 7) is 0. The predicted molar refractivity (Wildman–Crippen MR) is 108 cm³/mol. The molecule has 7 heteroatoms. The highest BCUT2D eigenvalue weighted by molar-refractivity contribution is 5.92. The first-order valence-corrected chi connectivity index (χ1v) is 9.03. The summed E-state index contributed by atoms with van der Waals surface area (Å²) in [4.78, 5) is 12.8. The Kier molecular flexibility index (Phi) is 6.39. The number of aromatic nitrogens is 1. The van der Waals surface area contributed by atoms with E-state index in [0.717, 1.165) is 0 Å². The number of methoxy groups -OCH3 is 3. The molecule has 0 aliphatic carbocycles. The summed E-state index contributed by atoms with van der Waals surface area (Å²) in [7, 11) is 4.53. The Morgan fingerprint density at radius 3 is 2.21 bits per heavy atom. The monoisotopic (exact) mass is 398 g/mol. The quantitative estimate of drug-likeness (QED) is 0.616. The van der Waals surface area contributed by atoms with E-state index in [4.69, 9.17) is 14.2 Å². The first-order valence-electron chi connectivity index (χ1n) is 9.03. The summed E-state index contributed by atoms with van der Waals surface area (Å²) in [5, 5.41) is 2.86. The number of carbonyl (C=O) groups is 1. The third kappa shape index (κ3) is 4.68. The van der Waals surface area contributed by atoms with Gasteiger partial charge in [0.1, 0.15) is 5.82 Å². The molecule has 3 aromatic rings. The zero-order valence-electron chi connectivity index (χ0n) is 16.5. The van der Waals surface area contributed by atoms with E-state index < -0.39 is 0 Å². The number of amides is 1. The molecular weight excluding hydrogens is 375 g/mol. The maximum atomic E-state index is 13.7.